The molecule has 3 aromatic heterocycles. The van der Waals surface area contributed by atoms with Crippen LogP contribution in [-0.4, -0.2) is 70.1 Å². The number of ether oxygens (including phenoxy) is 2. The number of pyridine rings is 1. The summed E-state index contributed by atoms with van der Waals surface area (Å²) in [5.74, 6) is -0.582. The van der Waals surface area contributed by atoms with Crippen LogP contribution in [0.4, 0.5) is 0 Å². The van der Waals surface area contributed by atoms with Crippen molar-refractivity contribution in [2.45, 2.75) is 94.5 Å². The number of carbonyl (C=O) groups excluding carboxylic acids is 1. The second kappa shape index (κ2) is 17.6. The van der Waals surface area contributed by atoms with Gasteiger partial charge in [0, 0.05) is 30.6 Å². The molecular weight excluding hydrogens is 649 g/mol. The number of aliphatic hydroxyl groups excluding tert-OH is 1. The Balaban J connectivity index is 0.899. The SMILES string of the molecule is CN(CCOCCCCCCCC[C@H](O)c1ccc(O)c2[nH]c(=O)ccc12)C1CCC(OC(=O)C(O)(c2cccs2)c2cccs2)CC1. The molecule has 0 aliphatic heterocycles. The summed E-state index contributed by atoms with van der Waals surface area (Å²) < 4.78 is 11.8. The lowest BCUT2D eigenvalue weighted by Gasteiger charge is -2.35. The quantitative estimate of drug-likeness (QED) is 0.0656. The van der Waals surface area contributed by atoms with E-state index in [0.717, 1.165) is 82.9 Å². The number of aromatic amines is 1. The van der Waals surface area contributed by atoms with Crippen molar-refractivity contribution in [1.82, 2.24) is 9.88 Å². The Bertz CT molecular complexity index is 1580. The van der Waals surface area contributed by atoms with Crippen LogP contribution in [0.3, 0.4) is 0 Å². The van der Waals surface area contributed by atoms with Crippen LogP contribution in [0.15, 0.2) is 64.1 Å². The number of aromatic hydroxyl groups is 1. The zero-order chi connectivity index (χ0) is 33.9. The molecule has 4 aromatic rings. The van der Waals surface area contributed by atoms with E-state index in [1.54, 1.807) is 24.3 Å². The number of aliphatic hydroxyl groups is 2. The summed E-state index contributed by atoms with van der Waals surface area (Å²) >= 11 is 2.72. The van der Waals surface area contributed by atoms with Crippen LogP contribution in [0.1, 0.15) is 92.1 Å². The molecule has 1 atom stereocenters. The lowest BCUT2D eigenvalue weighted by Crippen LogP contribution is -2.42. The number of nitrogens with one attached hydrogen (secondary N) is 1. The molecule has 11 heteroatoms. The molecule has 1 fully saturated rings. The number of hydrogen-bond donors (Lipinski definition) is 4. The first-order chi connectivity index (χ1) is 23.3. The van der Waals surface area contributed by atoms with E-state index in [1.165, 1.54) is 34.8 Å². The van der Waals surface area contributed by atoms with Gasteiger partial charge in [0.25, 0.3) is 0 Å². The van der Waals surface area contributed by atoms with Crippen molar-refractivity contribution >= 4 is 39.5 Å². The molecule has 3 heterocycles. The first-order valence-electron chi connectivity index (χ1n) is 17.1. The van der Waals surface area contributed by atoms with E-state index in [9.17, 15) is 24.9 Å². The minimum absolute atomic E-state index is 0.00455. The zero-order valence-electron chi connectivity index (χ0n) is 27.6. The molecule has 1 aliphatic carbocycles. The van der Waals surface area contributed by atoms with E-state index in [0.29, 0.717) is 39.7 Å². The highest BCUT2D eigenvalue weighted by molar-refractivity contribution is 7.12. The van der Waals surface area contributed by atoms with Gasteiger partial charge in [0.15, 0.2) is 0 Å². The maximum atomic E-state index is 13.3. The molecule has 0 spiro atoms. The molecule has 0 amide bonds. The first kappa shape index (κ1) is 36.2. The van der Waals surface area contributed by atoms with Crippen LogP contribution < -0.4 is 5.56 Å². The summed E-state index contributed by atoms with van der Waals surface area (Å²) in [6, 6.07) is 14.0. The molecule has 0 saturated heterocycles. The molecule has 48 heavy (non-hydrogen) atoms. The second-order valence-corrected chi connectivity index (χ2v) is 14.7. The zero-order valence-corrected chi connectivity index (χ0v) is 29.3. The summed E-state index contributed by atoms with van der Waals surface area (Å²) in [4.78, 5) is 31.1. The second-order valence-electron chi connectivity index (χ2n) is 12.8. The van der Waals surface area contributed by atoms with Crippen LogP contribution in [0.5, 0.6) is 5.75 Å². The van der Waals surface area contributed by atoms with Crippen LogP contribution >= 0.6 is 22.7 Å². The highest BCUT2D eigenvalue weighted by Gasteiger charge is 2.45. The van der Waals surface area contributed by atoms with Crippen LogP contribution in [0.25, 0.3) is 10.9 Å². The average molecular weight is 697 g/mol. The summed E-state index contributed by atoms with van der Waals surface area (Å²) in [5, 5.41) is 36.7. The number of aromatic nitrogens is 1. The molecule has 4 N–H and O–H groups in total. The van der Waals surface area contributed by atoms with E-state index in [2.05, 4.69) is 16.9 Å². The number of hydrogen-bond acceptors (Lipinski definition) is 10. The van der Waals surface area contributed by atoms with E-state index < -0.39 is 17.7 Å². The monoisotopic (exact) mass is 696 g/mol. The number of thiophene rings is 2. The Kier molecular flexibility index (Phi) is 13.2. The summed E-state index contributed by atoms with van der Waals surface area (Å²) in [5.41, 5.74) is -0.947. The first-order valence-corrected chi connectivity index (χ1v) is 18.9. The molecule has 1 aromatic carbocycles. The van der Waals surface area contributed by atoms with E-state index in [4.69, 9.17) is 9.47 Å². The van der Waals surface area contributed by atoms with Crippen molar-refractivity contribution in [3.63, 3.8) is 0 Å². The minimum atomic E-state index is -1.76. The lowest BCUT2D eigenvalue weighted by atomic mass is 9.91. The number of phenolic OH excluding ortho intramolecular Hbond substituents is 1. The number of benzene rings is 1. The van der Waals surface area contributed by atoms with Crippen LogP contribution in [0.2, 0.25) is 0 Å². The fraction of sp³-hybridized carbons (Fsp3) is 0.514. The van der Waals surface area contributed by atoms with E-state index >= 15 is 0 Å². The van der Waals surface area contributed by atoms with Crippen LogP contribution in [0, 0.1) is 0 Å². The Hall–Kier alpha value is -3.06. The number of phenols is 1. The van der Waals surface area contributed by atoms with Crippen molar-refractivity contribution in [2.75, 3.05) is 26.8 Å². The van der Waals surface area contributed by atoms with Crippen molar-refractivity contribution < 1.29 is 29.6 Å². The van der Waals surface area contributed by atoms with Gasteiger partial charge < -0.3 is 34.7 Å². The standard InChI is InChI=1S/C37H48N2O7S2/c1-39(26-13-15-27(16-14-26)46-36(43)37(44,32-11-8-24-47-32)33-12-9-25-48-33)21-23-45-22-7-5-3-2-4-6-10-30(40)28-17-19-31(41)35-29(28)18-20-34(42)38-35/h8-9,11-12,17-20,24-27,30,40-41,44H,2-7,10,13-16,21-23H2,1H3,(H,38,42)/t26?,27?,30-/m0/s1. The van der Waals surface area contributed by atoms with Gasteiger partial charge in [-0.3, -0.25) is 4.79 Å². The predicted octanol–water partition coefficient (Wildman–Crippen LogP) is 6.86. The van der Waals surface area contributed by atoms with Crippen molar-refractivity contribution in [2.24, 2.45) is 0 Å². The van der Waals surface area contributed by atoms with Crippen molar-refractivity contribution in [3.05, 3.63) is 85.0 Å². The Labute approximate surface area is 290 Å². The highest BCUT2D eigenvalue weighted by atomic mass is 32.1. The molecule has 260 valence electrons. The molecule has 5 rings (SSSR count). The highest BCUT2D eigenvalue weighted by Crippen LogP contribution is 2.38. The molecule has 0 radical (unpaired) electrons. The van der Waals surface area contributed by atoms with Gasteiger partial charge >= 0.3 is 5.97 Å². The number of likely N-dealkylation sites (N-methyl/N-ethyl adjacent to an activating group) is 1. The number of unbranched alkanes of at least 4 members (excludes halogenated alkanes) is 5. The minimum Gasteiger partial charge on any atom is -0.506 e. The van der Waals surface area contributed by atoms with Gasteiger partial charge in [0.2, 0.25) is 11.2 Å². The fourth-order valence-corrected chi connectivity index (χ4v) is 8.29. The maximum Gasteiger partial charge on any atom is 0.349 e. The normalized spacial score (nSPS) is 17.6. The summed E-state index contributed by atoms with van der Waals surface area (Å²) in [6.07, 6.45) is 9.58. The smallest absolute Gasteiger partial charge is 0.349 e. The number of H-pyrrole nitrogens is 1. The maximum absolute atomic E-state index is 13.3. The van der Waals surface area contributed by atoms with Gasteiger partial charge in [-0.05, 0) is 86.2 Å². The number of esters is 1. The number of nitrogens with zero attached hydrogens (tertiary/aromatic N) is 1. The number of fused-ring (bicyclic) bond motifs is 1. The summed E-state index contributed by atoms with van der Waals surface area (Å²) in [7, 11) is 2.13. The van der Waals surface area contributed by atoms with Gasteiger partial charge in [-0.1, -0.05) is 50.3 Å². The Morgan fingerprint density at radius 3 is 2.27 bits per heavy atom. The molecule has 9 nitrogen and oxygen atoms in total. The number of rotatable bonds is 18. The topological polar surface area (TPSA) is 132 Å². The third-order valence-corrected chi connectivity index (χ3v) is 11.4. The van der Waals surface area contributed by atoms with Gasteiger partial charge in [0.05, 0.1) is 28.0 Å². The lowest BCUT2D eigenvalue weighted by molar-refractivity contribution is -0.169. The molecule has 0 unspecified atom stereocenters. The molecule has 0 bridgehead atoms. The molecule has 1 aliphatic rings. The number of carbonyl (C=O) groups is 1. The predicted molar refractivity (Wildman–Crippen MR) is 191 cm³/mol. The fourth-order valence-electron chi connectivity index (χ4n) is 6.58. The van der Waals surface area contributed by atoms with E-state index in [-0.39, 0.29) is 17.4 Å². The van der Waals surface area contributed by atoms with Gasteiger partial charge in [-0.15, -0.1) is 22.7 Å². The van der Waals surface area contributed by atoms with Gasteiger partial charge in [0.1, 0.15) is 11.9 Å². The van der Waals surface area contributed by atoms with Crippen molar-refractivity contribution in [3.8, 4) is 5.75 Å². The third-order valence-electron chi connectivity index (χ3n) is 9.46. The molecule has 1 saturated carbocycles. The van der Waals surface area contributed by atoms with Gasteiger partial charge in [-0.2, -0.15) is 0 Å². The largest absolute Gasteiger partial charge is 0.506 e. The van der Waals surface area contributed by atoms with E-state index in [1.807, 2.05) is 22.9 Å². The van der Waals surface area contributed by atoms with Crippen molar-refractivity contribution in [1.29, 1.82) is 0 Å². The molecular formula is C37H48N2O7S2. The van der Waals surface area contributed by atoms with Crippen LogP contribution in [-0.2, 0) is 19.9 Å². The third kappa shape index (κ3) is 9.13. The Morgan fingerprint density at radius 2 is 1.60 bits per heavy atom. The van der Waals surface area contributed by atoms with Gasteiger partial charge in [-0.25, -0.2) is 4.79 Å². The summed E-state index contributed by atoms with van der Waals surface area (Å²) in [6.45, 7) is 2.31. The average Bonchev–Trinajstić information content (AvgIpc) is 3.84. The Morgan fingerprint density at radius 1 is 0.938 bits per heavy atom.